The van der Waals surface area contributed by atoms with Crippen LogP contribution in [0.4, 0.5) is 0 Å². The molecular weight excluding hydrogens is 392 g/mol. The number of hydrogen-bond donors (Lipinski definition) is 2. The molecule has 31 heavy (non-hydrogen) atoms. The molecule has 0 bridgehead atoms. The number of hydrogen-bond acceptors (Lipinski definition) is 6. The first kappa shape index (κ1) is 19.6. The molecule has 2 aromatic heterocycles. The highest BCUT2D eigenvalue weighted by Gasteiger charge is 2.17. The van der Waals surface area contributed by atoms with Crippen molar-refractivity contribution < 1.29 is 14.2 Å². The molecule has 4 aromatic rings. The molecule has 0 atom stereocenters. The molecule has 1 saturated heterocycles. The van der Waals surface area contributed by atoms with Crippen LogP contribution in [0.25, 0.3) is 21.8 Å². The molecule has 0 amide bonds. The largest absolute Gasteiger partial charge is 0.493 e. The Balaban J connectivity index is 1.44. The van der Waals surface area contributed by atoms with Gasteiger partial charge >= 0.3 is 0 Å². The van der Waals surface area contributed by atoms with Crippen LogP contribution in [0.5, 0.6) is 23.1 Å². The van der Waals surface area contributed by atoms with E-state index in [0.29, 0.717) is 29.9 Å². The van der Waals surface area contributed by atoms with Gasteiger partial charge in [-0.2, -0.15) is 0 Å². The normalized spacial score (nSPS) is 14.8. The number of rotatable bonds is 6. The van der Waals surface area contributed by atoms with Gasteiger partial charge in [0.15, 0.2) is 11.5 Å². The smallest absolute Gasteiger partial charge is 0.230 e. The number of H-pyrrole nitrogens is 1. The third kappa shape index (κ3) is 4.01. The SMILES string of the molecule is COc1cc2c(Oc3ccc4[nH]cc(C)c4c3)ncnc2cc1OCC1CCNCC1. The fourth-order valence-electron chi connectivity index (χ4n) is 4.06. The Morgan fingerprint density at radius 3 is 2.74 bits per heavy atom. The summed E-state index contributed by atoms with van der Waals surface area (Å²) in [6.45, 7) is 4.84. The summed E-state index contributed by atoms with van der Waals surface area (Å²) in [4.78, 5) is 12.1. The Kier molecular flexibility index (Phi) is 5.34. The van der Waals surface area contributed by atoms with E-state index in [1.54, 1.807) is 7.11 Å². The van der Waals surface area contributed by atoms with Crippen molar-refractivity contribution in [3.63, 3.8) is 0 Å². The molecule has 160 valence electrons. The van der Waals surface area contributed by atoms with Gasteiger partial charge in [0.25, 0.3) is 0 Å². The van der Waals surface area contributed by atoms with E-state index >= 15 is 0 Å². The van der Waals surface area contributed by atoms with Crippen LogP contribution in [-0.4, -0.2) is 41.8 Å². The lowest BCUT2D eigenvalue weighted by atomic mass is 9.99. The van der Waals surface area contributed by atoms with E-state index < -0.39 is 0 Å². The highest BCUT2D eigenvalue weighted by atomic mass is 16.5. The van der Waals surface area contributed by atoms with Crippen molar-refractivity contribution in [2.45, 2.75) is 19.8 Å². The monoisotopic (exact) mass is 418 g/mol. The quantitative estimate of drug-likeness (QED) is 0.476. The van der Waals surface area contributed by atoms with E-state index in [1.807, 2.05) is 36.5 Å². The van der Waals surface area contributed by atoms with Crippen LogP contribution >= 0.6 is 0 Å². The number of aromatic amines is 1. The second-order valence-corrected chi connectivity index (χ2v) is 7.98. The second-order valence-electron chi connectivity index (χ2n) is 7.98. The summed E-state index contributed by atoms with van der Waals surface area (Å²) in [6.07, 6.45) is 5.76. The Bertz CT molecular complexity index is 1210. The highest BCUT2D eigenvalue weighted by molar-refractivity contribution is 5.88. The van der Waals surface area contributed by atoms with E-state index in [-0.39, 0.29) is 0 Å². The van der Waals surface area contributed by atoms with Gasteiger partial charge in [-0.3, -0.25) is 0 Å². The van der Waals surface area contributed by atoms with Gasteiger partial charge in [-0.25, -0.2) is 9.97 Å². The number of fused-ring (bicyclic) bond motifs is 2. The van der Waals surface area contributed by atoms with E-state index in [9.17, 15) is 0 Å². The summed E-state index contributed by atoms with van der Waals surface area (Å²) in [6, 6.07) is 9.75. The molecular formula is C24H26N4O3. The lowest BCUT2D eigenvalue weighted by Crippen LogP contribution is -2.30. The van der Waals surface area contributed by atoms with Gasteiger partial charge in [0.2, 0.25) is 5.88 Å². The maximum atomic E-state index is 6.15. The summed E-state index contributed by atoms with van der Waals surface area (Å²) in [5.41, 5.74) is 3.00. The standard InChI is InChI=1S/C24H26N4O3/c1-15-12-26-20-4-3-17(9-18(15)20)31-24-19-10-22(29-2)23(11-21(19)27-14-28-24)30-13-16-5-7-25-8-6-16/h3-4,9-12,14,16,25-26H,5-8,13H2,1-2H3. The lowest BCUT2D eigenvalue weighted by Gasteiger charge is -2.23. The summed E-state index contributed by atoms with van der Waals surface area (Å²) >= 11 is 0. The average Bonchev–Trinajstić information content (AvgIpc) is 3.18. The first-order chi connectivity index (χ1) is 15.2. The van der Waals surface area contributed by atoms with Gasteiger partial charge in [-0.1, -0.05) is 0 Å². The number of ether oxygens (including phenoxy) is 3. The molecule has 2 N–H and O–H groups in total. The minimum atomic E-state index is 0.487. The third-order valence-electron chi connectivity index (χ3n) is 5.89. The van der Waals surface area contributed by atoms with Crippen molar-refractivity contribution in [1.82, 2.24) is 20.3 Å². The molecule has 1 fully saturated rings. The first-order valence-corrected chi connectivity index (χ1v) is 10.6. The Morgan fingerprint density at radius 1 is 1.03 bits per heavy atom. The number of methoxy groups -OCH3 is 1. The molecule has 1 aliphatic rings. The summed E-state index contributed by atoms with van der Waals surface area (Å²) < 4.78 is 17.9. The van der Waals surface area contributed by atoms with E-state index in [4.69, 9.17) is 14.2 Å². The highest BCUT2D eigenvalue weighted by Crippen LogP contribution is 2.37. The molecule has 3 heterocycles. The van der Waals surface area contributed by atoms with Crippen molar-refractivity contribution in [3.8, 4) is 23.1 Å². The zero-order valence-corrected chi connectivity index (χ0v) is 17.8. The molecule has 0 radical (unpaired) electrons. The predicted octanol–water partition coefficient (Wildman–Crippen LogP) is 4.60. The van der Waals surface area contributed by atoms with Gasteiger partial charge in [0, 0.05) is 23.2 Å². The maximum Gasteiger partial charge on any atom is 0.230 e. The topological polar surface area (TPSA) is 81.3 Å². The van der Waals surface area contributed by atoms with Crippen LogP contribution in [0.3, 0.4) is 0 Å². The second kappa shape index (κ2) is 8.43. The summed E-state index contributed by atoms with van der Waals surface area (Å²) in [5, 5.41) is 5.29. The molecule has 2 aromatic carbocycles. The Hall–Kier alpha value is -3.32. The van der Waals surface area contributed by atoms with E-state index in [1.165, 1.54) is 11.9 Å². The van der Waals surface area contributed by atoms with Crippen LogP contribution in [0, 0.1) is 12.8 Å². The van der Waals surface area contributed by atoms with Crippen molar-refractivity contribution in [1.29, 1.82) is 0 Å². The number of nitrogens with one attached hydrogen (secondary N) is 2. The van der Waals surface area contributed by atoms with E-state index in [2.05, 4.69) is 27.2 Å². The molecule has 0 unspecified atom stereocenters. The average molecular weight is 418 g/mol. The number of aryl methyl sites for hydroxylation is 1. The van der Waals surface area contributed by atoms with Gasteiger partial charge in [-0.15, -0.1) is 0 Å². The number of aromatic nitrogens is 3. The number of piperidine rings is 1. The molecule has 1 aliphatic heterocycles. The van der Waals surface area contributed by atoms with Crippen LogP contribution in [-0.2, 0) is 0 Å². The van der Waals surface area contributed by atoms with Crippen LogP contribution in [0.1, 0.15) is 18.4 Å². The zero-order valence-electron chi connectivity index (χ0n) is 17.8. The molecule has 7 heteroatoms. The van der Waals surface area contributed by atoms with Crippen molar-refractivity contribution in [3.05, 3.63) is 48.4 Å². The van der Waals surface area contributed by atoms with Crippen molar-refractivity contribution in [2.24, 2.45) is 5.92 Å². The molecule has 0 spiro atoms. The van der Waals surface area contributed by atoms with Gasteiger partial charge < -0.3 is 24.5 Å². The lowest BCUT2D eigenvalue weighted by molar-refractivity contribution is 0.208. The maximum absolute atomic E-state index is 6.15. The number of benzene rings is 2. The molecule has 5 rings (SSSR count). The van der Waals surface area contributed by atoms with Crippen molar-refractivity contribution >= 4 is 21.8 Å². The third-order valence-corrected chi connectivity index (χ3v) is 5.89. The van der Waals surface area contributed by atoms with E-state index in [0.717, 1.165) is 53.5 Å². The Labute approximate surface area is 180 Å². The molecule has 0 aliphatic carbocycles. The van der Waals surface area contributed by atoms with Gasteiger partial charge in [0.05, 0.1) is 24.6 Å². The van der Waals surface area contributed by atoms with Gasteiger partial charge in [0.1, 0.15) is 12.1 Å². The first-order valence-electron chi connectivity index (χ1n) is 10.6. The summed E-state index contributed by atoms with van der Waals surface area (Å²) in [7, 11) is 1.64. The molecule has 0 saturated carbocycles. The Morgan fingerprint density at radius 2 is 1.90 bits per heavy atom. The predicted molar refractivity (Wildman–Crippen MR) is 120 cm³/mol. The summed E-state index contributed by atoms with van der Waals surface area (Å²) in [5.74, 6) is 3.11. The fraction of sp³-hybridized carbons (Fsp3) is 0.333. The fourth-order valence-corrected chi connectivity index (χ4v) is 4.06. The molecule has 7 nitrogen and oxygen atoms in total. The van der Waals surface area contributed by atoms with Crippen LogP contribution < -0.4 is 19.5 Å². The van der Waals surface area contributed by atoms with Crippen LogP contribution in [0.15, 0.2) is 42.9 Å². The van der Waals surface area contributed by atoms with Gasteiger partial charge in [-0.05, 0) is 68.6 Å². The zero-order chi connectivity index (χ0) is 21.2. The van der Waals surface area contributed by atoms with Crippen LogP contribution in [0.2, 0.25) is 0 Å². The number of nitrogens with zero attached hydrogens (tertiary/aromatic N) is 2. The van der Waals surface area contributed by atoms with Crippen molar-refractivity contribution in [2.75, 3.05) is 26.8 Å². The minimum absolute atomic E-state index is 0.487. The minimum Gasteiger partial charge on any atom is -0.493 e.